The molecule has 0 aromatic heterocycles. The normalized spacial score (nSPS) is 15.3. The molecule has 2 aromatic carbocycles. The van der Waals surface area contributed by atoms with E-state index in [1.807, 2.05) is 0 Å². The van der Waals surface area contributed by atoms with Gasteiger partial charge in [0.15, 0.2) is 0 Å². The average Bonchev–Trinajstić information content (AvgIpc) is 2.64. The predicted molar refractivity (Wildman–Crippen MR) is 105 cm³/mol. The molecule has 5 heteroatoms. The van der Waals surface area contributed by atoms with E-state index in [0.29, 0.717) is 18.0 Å². The largest absolute Gasteiger partial charge is 0.352 e. The van der Waals surface area contributed by atoms with Crippen molar-refractivity contribution in [2.75, 3.05) is 19.6 Å². The van der Waals surface area contributed by atoms with Gasteiger partial charge in [-0.05, 0) is 68.1 Å². The number of nitrogens with zero attached hydrogens (tertiary/aromatic N) is 1. The second-order valence-corrected chi connectivity index (χ2v) is 6.76. The van der Waals surface area contributed by atoms with Crippen LogP contribution in [0.1, 0.15) is 35.2 Å². The molecule has 3 rings (SSSR count). The molecule has 1 aliphatic heterocycles. The number of likely N-dealkylation sites (tertiary alicyclic amines) is 1. The number of hydrogen-bond donors (Lipinski definition) is 1. The minimum atomic E-state index is -0.321. The summed E-state index contributed by atoms with van der Waals surface area (Å²) in [5.41, 5.74) is 1.88. The molecular weight excluding hydrogens is 351 g/mol. The molecule has 0 atom stereocenters. The lowest BCUT2D eigenvalue weighted by atomic mass is 9.93. The van der Waals surface area contributed by atoms with Gasteiger partial charge >= 0.3 is 0 Å². The summed E-state index contributed by atoms with van der Waals surface area (Å²) in [6.07, 6.45) is 3.37. The summed E-state index contributed by atoms with van der Waals surface area (Å²) < 4.78 is 12.9. The highest BCUT2D eigenvalue weighted by Crippen LogP contribution is 2.21. The Morgan fingerprint density at radius 1 is 1.04 bits per heavy atom. The number of hydrogen-bond acceptors (Lipinski definition) is 2. The van der Waals surface area contributed by atoms with Crippen molar-refractivity contribution >= 4 is 18.3 Å². The molecule has 1 heterocycles. The van der Waals surface area contributed by atoms with Crippen LogP contribution in [0.25, 0.3) is 0 Å². The molecule has 26 heavy (non-hydrogen) atoms. The zero-order valence-electron chi connectivity index (χ0n) is 14.9. The van der Waals surface area contributed by atoms with Crippen LogP contribution < -0.4 is 5.32 Å². The van der Waals surface area contributed by atoms with Crippen molar-refractivity contribution in [1.82, 2.24) is 10.2 Å². The van der Waals surface area contributed by atoms with Crippen LogP contribution in [0, 0.1) is 11.7 Å². The quantitative estimate of drug-likeness (QED) is 0.816. The van der Waals surface area contributed by atoms with Gasteiger partial charge in [-0.2, -0.15) is 0 Å². The maximum absolute atomic E-state index is 12.9. The fraction of sp³-hybridized carbons (Fsp3) is 0.381. The van der Waals surface area contributed by atoms with E-state index in [4.69, 9.17) is 0 Å². The van der Waals surface area contributed by atoms with E-state index >= 15 is 0 Å². The van der Waals surface area contributed by atoms with Crippen LogP contribution in [0.15, 0.2) is 54.6 Å². The Balaban J connectivity index is 0.00000243. The number of nitrogens with one attached hydrogen (secondary N) is 1. The Morgan fingerprint density at radius 3 is 2.35 bits per heavy atom. The van der Waals surface area contributed by atoms with Gasteiger partial charge in [0.1, 0.15) is 5.82 Å². The molecule has 0 unspecified atom stereocenters. The summed E-state index contributed by atoms with van der Waals surface area (Å²) >= 11 is 0. The number of carbonyl (C=O) groups excluding carboxylic acids is 1. The lowest BCUT2D eigenvalue weighted by molar-refractivity contribution is 0.0947. The number of halogens is 2. The monoisotopic (exact) mass is 376 g/mol. The first kappa shape index (κ1) is 20.4. The third-order valence-corrected chi connectivity index (χ3v) is 4.90. The van der Waals surface area contributed by atoms with Gasteiger partial charge in [0, 0.05) is 18.7 Å². The van der Waals surface area contributed by atoms with Crippen LogP contribution in [-0.2, 0) is 6.54 Å². The van der Waals surface area contributed by atoms with Gasteiger partial charge in [-0.3, -0.25) is 9.69 Å². The van der Waals surface area contributed by atoms with Crippen LogP contribution in [0.2, 0.25) is 0 Å². The molecule has 1 aliphatic rings. The third kappa shape index (κ3) is 6.11. The van der Waals surface area contributed by atoms with Gasteiger partial charge in [-0.1, -0.05) is 30.3 Å². The van der Waals surface area contributed by atoms with Gasteiger partial charge in [0.05, 0.1) is 0 Å². The Labute approximate surface area is 161 Å². The topological polar surface area (TPSA) is 32.3 Å². The lowest BCUT2D eigenvalue weighted by Crippen LogP contribution is -2.34. The van der Waals surface area contributed by atoms with Crippen molar-refractivity contribution in [1.29, 1.82) is 0 Å². The second-order valence-electron chi connectivity index (χ2n) is 6.76. The fourth-order valence-electron chi connectivity index (χ4n) is 3.37. The highest BCUT2D eigenvalue weighted by Gasteiger charge is 2.19. The molecule has 1 fully saturated rings. The van der Waals surface area contributed by atoms with Crippen molar-refractivity contribution < 1.29 is 9.18 Å². The number of carbonyl (C=O) groups is 1. The molecule has 3 nitrogen and oxygen atoms in total. The van der Waals surface area contributed by atoms with E-state index in [2.05, 4.69) is 40.5 Å². The summed E-state index contributed by atoms with van der Waals surface area (Å²) in [6.45, 7) is 3.94. The highest BCUT2D eigenvalue weighted by atomic mass is 35.5. The third-order valence-electron chi connectivity index (χ3n) is 4.90. The van der Waals surface area contributed by atoms with Crippen LogP contribution in [0.3, 0.4) is 0 Å². The molecule has 140 valence electrons. The zero-order valence-corrected chi connectivity index (χ0v) is 15.7. The van der Waals surface area contributed by atoms with Gasteiger partial charge in [0.2, 0.25) is 0 Å². The molecule has 1 N–H and O–H groups in total. The summed E-state index contributed by atoms with van der Waals surface area (Å²) in [7, 11) is 0. The minimum Gasteiger partial charge on any atom is -0.352 e. The molecule has 0 radical (unpaired) electrons. The minimum absolute atomic E-state index is 0. The average molecular weight is 377 g/mol. The summed E-state index contributed by atoms with van der Waals surface area (Å²) in [5.74, 6) is 0.223. The van der Waals surface area contributed by atoms with E-state index in [9.17, 15) is 9.18 Å². The zero-order chi connectivity index (χ0) is 17.5. The van der Waals surface area contributed by atoms with E-state index in [1.165, 1.54) is 42.7 Å². The SMILES string of the molecule is Cl.O=C(NCCC1CCN(Cc2ccccc2)CC1)c1ccc(F)cc1. The molecule has 1 amide bonds. The van der Waals surface area contributed by atoms with E-state index in [-0.39, 0.29) is 24.1 Å². The Hall–Kier alpha value is -1.91. The van der Waals surface area contributed by atoms with Gasteiger partial charge in [-0.25, -0.2) is 4.39 Å². The van der Waals surface area contributed by atoms with Crippen molar-refractivity contribution in [3.63, 3.8) is 0 Å². The van der Waals surface area contributed by atoms with Crippen LogP contribution in [0.5, 0.6) is 0 Å². The molecule has 2 aromatic rings. The van der Waals surface area contributed by atoms with Gasteiger partial charge in [0.25, 0.3) is 5.91 Å². The standard InChI is InChI=1S/C21H25FN2O.ClH/c22-20-8-6-19(7-9-20)21(25)23-13-10-17-11-14-24(15-12-17)16-18-4-2-1-3-5-18;/h1-9,17H,10-16H2,(H,23,25);1H. The first-order valence-corrected chi connectivity index (χ1v) is 9.01. The molecule has 0 saturated carbocycles. The molecule has 0 spiro atoms. The van der Waals surface area contributed by atoms with Crippen LogP contribution >= 0.6 is 12.4 Å². The number of benzene rings is 2. The van der Waals surface area contributed by atoms with Crippen molar-refractivity contribution in [2.24, 2.45) is 5.92 Å². The Bertz CT molecular complexity index is 670. The first-order valence-electron chi connectivity index (χ1n) is 9.01. The van der Waals surface area contributed by atoms with Gasteiger partial charge < -0.3 is 5.32 Å². The first-order chi connectivity index (χ1) is 12.2. The summed E-state index contributed by atoms with van der Waals surface area (Å²) in [6, 6.07) is 16.3. The molecule has 0 aliphatic carbocycles. The number of rotatable bonds is 6. The summed E-state index contributed by atoms with van der Waals surface area (Å²) in [5, 5.41) is 2.94. The maximum Gasteiger partial charge on any atom is 0.251 e. The lowest BCUT2D eigenvalue weighted by Gasteiger charge is -2.32. The van der Waals surface area contributed by atoms with Crippen molar-refractivity contribution in [3.8, 4) is 0 Å². The Kier molecular flexibility index (Phi) is 8.07. The number of amides is 1. The van der Waals surface area contributed by atoms with Gasteiger partial charge in [-0.15, -0.1) is 12.4 Å². The molecule has 1 saturated heterocycles. The molecule has 0 bridgehead atoms. The number of piperidine rings is 1. The summed E-state index contributed by atoms with van der Waals surface area (Å²) in [4.78, 5) is 14.5. The Morgan fingerprint density at radius 2 is 1.69 bits per heavy atom. The molecular formula is C21H26ClFN2O. The van der Waals surface area contributed by atoms with Crippen LogP contribution in [-0.4, -0.2) is 30.4 Å². The van der Waals surface area contributed by atoms with E-state index < -0.39 is 0 Å². The predicted octanol–water partition coefficient (Wildman–Crippen LogP) is 4.28. The van der Waals surface area contributed by atoms with Crippen molar-refractivity contribution in [2.45, 2.75) is 25.8 Å². The van der Waals surface area contributed by atoms with Crippen molar-refractivity contribution in [3.05, 3.63) is 71.5 Å². The smallest absolute Gasteiger partial charge is 0.251 e. The highest BCUT2D eigenvalue weighted by molar-refractivity contribution is 5.94. The second kappa shape index (κ2) is 10.3. The van der Waals surface area contributed by atoms with Crippen LogP contribution in [0.4, 0.5) is 4.39 Å². The van der Waals surface area contributed by atoms with E-state index in [1.54, 1.807) is 0 Å². The maximum atomic E-state index is 12.9. The van der Waals surface area contributed by atoms with E-state index in [0.717, 1.165) is 26.1 Å². The fourth-order valence-corrected chi connectivity index (χ4v) is 3.37.